The molecule has 5 nitrogen and oxygen atoms in total. The number of carbonyl (C=O) groups excluding carboxylic acids is 1. The van der Waals surface area contributed by atoms with Crippen molar-refractivity contribution >= 4 is 12.1 Å². The molecule has 0 atom stereocenters. The fraction of sp³-hybridized carbons (Fsp3) is 0.846. The van der Waals surface area contributed by atoms with Gasteiger partial charge in [0.15, 0.2) is 0 Å². The first-order chi connectivity index (χ1) is 8.06. The molecule has 0 spiro atoms. The fourth-order valence-electron chi connectivity index (χ4n) is 2.14. The first kappa shape index (κ1) is 14.8. The van der Waals surface area contributed by atoms with E-state index in [-0.39, 0.29) is 0 Å². The highest BCUT2D eigenvalue weighted by atomic mass is 16.6. The minimum atomic E-state index is -1.14. The number of amides is 1. The van der Waals surface area contributed by atoms with E-state index in [4.69, 9.17) is 4.74 Å². The first-order valence-electron chi connectivity index (χ1n) is 6.30. The summed E-state index contributed by atoms with van der Waals surface area (Å²) < 4.78 is 5.10. The van der Waals surface area contributed by atoms with E-state index >= 15 is 0 Å². The largest absolute Gasteiger partial charge is 0.480 e. The van der Waals surface area contributed by atoms with Crippen LogP contribution in [0.4, 0.5) is 4.79 Å². The van der Waals surface area contributed by atoms with Crippen LogP contribution in [0.15, 0.2) is 0 Å². The van der Waals surface area contributed by atoms with Crippen LogP contribution in [-0.2, 0) is 9.53 Å². The van der Waals surface area contributed by atoms with E-state index in [0.717, 1.165) is 0 Å². The second kappa shape index (κ2) is 4.78. The maximum atomic E-state index is 11.7. The SMILES string of the molecule is CC(C)C1CC(NC(=O)OC(C)(C)C)(C(=O)O)C1. The lowest BCUT2D eigenvalue weighted by Crippen LogP contribution is -2.63. The van der Waals surface area contributed by atoms with Gasteiger partial charge in [0.1, 0.15) is 11.1 Å². The Balaban J connectivity index is 2.62. The molecule has 104 valence electrons. The van der Waals surface area contributed by atoms with Crippen molar-refractivity contribution in [3.05, 3.63) is 0 Å². The van der Waals surface area contributed by atoms with Gasteiger partial charge in [0.05, 0.1) is 0 Å². The molecule has 1 aliphatic carbocycles. The fourth-order valence-corrected chi connectivity index (χ4v) is 2.14. The highest BCUT2D eigenvalue weighted by Gasteiger charge is 2.52. The minimum Gasteiger partial charge on any atom is -0.480 e. The molecule has 1 aliphatic rings. The Morgan fingerprint density at radius 1 is 1.33 bits per heavy atom. The summed E-state index contributed by atoms with van der Waals surface area (Å²) in [4.78, 5) is 23.0. The first-order valence-corrected chi connectivity index (χ1v) is 6.30. The van der Waals surface area contributed by atoms with Crippen LogP contribution in [0, 0.1) is 11.8 Å². The molecule has 0 bridgehead atoms. The molecule has 2 N–H and O–H groups in total. The van der Waals surface area contributed by atoms with E-state index < -0.39 is 23.2 Å². The number of ether oxygens (including phenoxy) is 1. The van der Waals surface area contributed by atoms with Gasteiger partial charge in [-0.15, -0.1) is 0 Å². The van der Waals surface area contributed by atoms with E-state index in [1.807, 2.05) is 0 Å². The summed E-state index contributed by atoms with van der Waals surface area (Å²) in [6.45, 7) is 9.36. The predicted molar refractivity (Wildman–Crippen MR) is 67.3 cm³/mol. The van der Waals surface area contributed by atoms with Crippen molar-refractivity contribution in [1.82, 2.24) is 5.32 Å². The van der Waals surface area contributed by atoms with E-state index in [2.05, 4.69) is 19.2 Å². The van der Waals surface area contributed by atoms with Crippen molar-refractivity contribution in [2.75, 3.05) is 0 Å². The summed E-state index contributed by atoms with van der Waals surface area (Å²) in [7, 11) is 0. The van der Waals surface area contributed by atoms with Crippen LogP contribution < -0.4 is 5.32 Å². The van der Waals surface area contributed by atoms with E-state index in [9.17, 15) is 14.7 Å². The number of nitrogens with one attached hydrogen (secondary N) is 1. The monoisotopic (exact) mass is 257 g/mol. The molecule has 0 aromatic rings. The molecule has 5 heteroatoms. The molecule has 0 unspecified atom stereocenters. The molecule has 1 amide bonds. The van der Waals surface area contributed by atoms with E-state index in [0.29, 0.717) is 24.7 Å². The van der Waals surface area contributed by atoms with Gasteiger partial charge in [-0.3, -0.25) is 0 Å². The number of alkyl carbamates (subject to hydrolysis) is 1. The molecular weight excluding hydrogens is 234 g/mol. The maximum Gasteiger partial charge on any atom is 0.408 e. The number of carboxylic acids is 1. The summed E-state index contributed by atoms with van der Waals surface area (Å²) in [5, 5.41) is 11.8. The summed E-state index contributed by atoms with van der Waals surface area (Å²) >= 11 is 0. The van der Waals surface area contributed by atoms with Crippen molar-refractivity contribution in [1.29, 1.82) is 0 Å². The number of hydrogen-bond donors (Lipinski definition) is 2. The molecule has 0 aliphatic heterocycles. The third kappa shape index (κ3) is 3.37. The summed E-state index contributed by atoms with van der Waals surface area (Å²) in [6, 6.07) is 0. The molecule has 1 fully saturated rings. The van der Waals surface area contributed by atoms with Crippen molar-refractivity contribution in [2.24, 2.45) is 11.8 Å². The van der Waals surface area contributed by atoms with Crippen LogP contribution in [0.5, 0.6) is 0 Å². The van der Waals surface area contributed by atoms with Gasteiger partial charge in [-0.2, -0.15) is 0 Å². The third-order valence-electron chi connectivity index (χ3n) is 3.31. The van der Waals surface area contributed by atoms with Gasteiger partial charge in [-0.05, 0) is 45.4 Å². The number of carboxylic acid groups (broad SMARTS) is 1. The summed E-state index contributed by atoms with van der Waals surface area (Å²) in [5.74, 6) is -0.209. The smallest absolute Gasteiger partial charge is 0.408 e. The Hall–Kier alpha value is -1.26. The Morgan fingerprint density at radius 3 is 2.17 bits per heavy atom. The molecule has 0 radical (unpaired) electrons. The van der Waals surface area contributed by atoms with Gasteiger partial charge in [0.2, 0.25) is 0 Å². The van der Waals surface area contributed by atoms with Crippen molar-refractivity contribution in [2.45, 2.75) is 58.6 Å². The number of carbonyl (C=O) groups is 2. The lowest BCUT2D eigenvalue weighted by atomic mass is 9.64. The van der Waals surface area contributed by atoms with Gasteiger partial charge in [0.25, 0.3) is 0 Å². The Kier molecular flexibility index (Phi) is 3.93. The number of rotatable bonds is 3. The lowest BCUT2D eigenvalue weighted by molar-refractivity contribution is -0.152. The van der Waals surface area contributed by atoms with E-state index in [1.54, 1.807) is 20.8 Å². The van der Waals surface area contributed by atoms with Crippen LogP contribution in [-0.4, -0.2) is 28.3 Å². The Morgan fingerprint density at radius 2 is 1.83 bits per heavy atom. The van der Waals surface area contributed by atoms with Crippen LogP contribution >= 0.6 is 0 Å². The number of hydrogen-bond acceptors (Lipinski definition) is 3. The van der Waals surface area contributed by atoms with E-state index in [1.165, 1.54) is 0 Å². The molecule has 0 aromatic carbocycles. The van der Waals surface area contributed by atoms with Crippen LogP contribution in [0.3, 0.4) is 0 Å². The maximum absolute atomic E-state index is 11.7. The zero-order valence-corrected chi connectivity index (χ0v) is 11.7. The van der Waals surface area contributed by atoms with Crippen LogP contribution in [0.1, 0.15) is 47.5 Å². The Labute approximate surface area is 108 Å². The summed E-state index contributed by atoms with van der Waals surface area (Å²) in [5.41, 5.74) is -1.76. The average Bonchev–Trinajstić information content (AvgIpc) is 2.05. The molecule has 18 heavy (non-hydrogen) atoms. The molecule has 1 saturated carbocycles. The number of aliphatic carboxylic acids is 1. The highest BCUT2D eigenvalue weighted by Crippen LogP contribution is 2.42. The zero-order chi connectivity index (χ0) is 14.1. The minimum absolute atomic E-state index is 0.344. The van der Waals surface area contributed by atoms with Gasteiger partial charge >= 0.3 is 12.1 Å². The molecule has 0 saturated heterocycles. The quantitative estimate of drug-likeness (QED) is 0.814. The second-order valence-electron chi connectivity index (χ2n) is 6.43. The molecule has 0 aromatic heterocycles. The third-order valence-corrected chi connectivity index (χ3v) is 3.31. The standard InChI is InChI=1S/C13H23NO4/c1-8(2)9-6-13(7-9,10(15)16)14-11(17)18-12(3,4)5/h8-9H,6-7H2,1-5H3,(H,14,17)(H,15,16). The van der Waals surface area contributed by atoms with Crippen LogP contribution in [0.2, 0.25) is 0 Å². The van der Waals surface area contributed by atoms with Gasteiger partial charge in [0, 0.05) is 0 Å². The van der Waals surface area contributed by atoms with Gasteiger partial charge < -0.3 is 15.2 Å². The lowest BCUT2D eigenvalue weighted by Gasteiger charge is -2.46. The average molecular weight is 257 g/mol. The normalized spacial score (nSPS) is 27.6. The van der Waals surface area contributed by atoms with Gasteiger partial charge in [-0.1, -0.05) is 13.8 Å². The highest BCUT2D eigenvalue weighted by molar-refractivity contribution is 5.85. The molecule has 0 heterocycles. The topological polar surface area (TPSA) is 75.6 Å². The van der Waals surface area contributed by atoms with Crippen molar-refractivity contribution < 1.29 is 19.4 Å². The summed E-state index contributed by atoms with van der Waals surface area (Å²) in [6.07, 6.45) is 0.283. The van der Waals surface area contributed by atoms with Crippen molar-refractivity contribution in [3.63, 3.8) is 0 Å². The van der Waals surface area contributed by atoms with Crippen LogP contribution in [0.25, 0.3) is 0 Å². The second-order valence-corrected chi connectivity index (χ2v) is 6.43. The molecular formula is C13H23NO4. The molecule has 1 rings (SSSR count). The predicted octanol–water partition coefficient (Wildman–Crippen LogP) is 2.40. The van der Waals surface area contributed by atoms with Gasteiger partial charge in [-0.25, -0.2) is 9.59 Å². The Bertz CT molecular complexity index is 337. The van der Waals surface area contributed by atoms with Crippen molar-refractivity contribution in [3.8, 4) is 0 Å². The zero-order valence-electron chi connectivity index (χ0n) is 11.7.